The van der Waals surface area contributed by atoms with Crippen LogP contribution in [0.5, 0.6) is 0 Å². The molecule has 1 aromatic heterocycles. The highest BCUT2D eigenvalue weighted by Crippen LogP contribution is 2.27. The van der Waals surface area contributed by atoms with Crippen LogP contribution in [0.15, 0.2) is 10.6 Å². The number of carbonyl (C=O) groups is 1. The summed E-state index contributed by atoms with van der Waals surface area (Å²) in [6, 6.07) is 1.64. The Morgan fingerprint density at radius 3 is 2.88 bits per heavy atom. The summed E-state index contributed by atoms with van der Waals surface area (Å²) in [4.78, 5) is 13.1. The van der Waals surface area contributed by atoms with E-state index in [1.54, 1.807) is 6.07 Å². The van der Waals surface area contributed by atoms with Crippen molar-refractivity contribution in [3.8, 4) is 0 Å². The number of hydrogen-bond donors (Lipinski definition) is 2. The molecule has 0 unspecified atom stereocenters. The van der Waals surface area contributed by atoms with Crippen LogP contribution in [-0.4, -0.2) is 41.8 Å². The standard InChI is InChI=1S/C11H16N4O2/c12-3-6-15-4-1-8(2-5-15)9-7-10(11(13)16)17-14-9/h3,7-8,12H,1-2,4-6H2,(H2,13,16). The molecule has 1 fully saturated rings. The largest absolute Gasteiger partial charge is 0.363 e. The average molecular weight is 236 g/mol. The van der Waals surface area contributed by atoms with Crippen LogP contribution >= 0.6 is 0 Å². The smallest absolute Gasteiger partial charge is 0.287 e. The topological polar surface area (TPSA) is 96.2 Å². The van der Waals surface area contributed by atoms with Gasteiger partial charge in [-0.25, -0.2) is 0 Å². The number of nitrogens with two attached hydrogens (primary N) is 1. The molecular formula is C11H16N4O2. The van der Waals surface area contributed by atoms with Gasteiger partial charge in [-0.05, 0) is 25.9 Å². The van der Waals surface area contributed by atoms with Gasteiger partial charge in [-0.15, -0.1) is 0 Å². The Morgan fingerprint density at radius 2 is 2.35 bits per heavy atom. The molecule has 0 spiro atoms. The maximum Gasteiger partial charge on any atom is 0.287 e. The highest BCUT2D eigenvalue weighted by atomic mass is 16.5. The first kappa shape index (κ1) is 11.8. The maximum absolute atomic E-state index is 10.9. The molecule has 2 heterocycles. The van der Waals surface area contributed by atoms with Gasteiger partial charge in [-0.3, -0.25) is 9.69 Å². The third kappa shape index (κ3) is 2.71. The van der Waals surface area contributed by atoms with Crippen molar-refractivity contribution in [1.29, 1.82) is 5.41 Å². The summed E-state index contributed by atoms with van der Waals surface area (Å²) >= 11 is 0. The second kappa shape index (κ2) is 5.09. The second-order valence-electron chi connectivity index (χ2n) is 4.26. The molecule has 0 aliphatic carbocycles. The van der Waals surface area contributed by atoms with Gasteiger partial charge in [-0.1, -0.05) is 5.16 Å². The van der Waals surface area contributed by atoms with Gasteiger partial charge in [-0.2, -0.15) is 0 Å². The summed E-state index contributed by atoms with van der Waals surface area (Å²) < 4.78 is 4.88. The fourth-order valence-electron chi connectivity index (χ4n) is 2.14. The van der Waals surface area contributed by atoms with Crippen molar-refractivity contribution in [3.63, 3.8) is 0 Å². The number of carbonyl (C=O) groups excluding carboxylic acids is 1. The Hall–Kier alpha value is -1.69. The zero-order valence-electron chi connectivity index (χ0n) is 9.56. The SMILES string of the molecule is N=CCN1CCC(c2cc(C(N)=O)on2)CC1. The number of rotatable bonds is 4. The molecule has 0 radical (unpaired) electrons. The Bertz CT molecular complexity index is 407. The minimum absolute atomic E-state index is 0.127. The summed E-state index contributed by atoms with van der Waals surface area (Å²) in [5, 5.41) is 11.0. The molecule has 92 valence electrons. The number of aromatic nitrogens is 1. The number of nitrogens with zero attached hydrogens (tertiary/aromatic N) is 2. The van der Waals surface area contributed by atoms with Crippen molar-refractivity contribution < 1.29 is 9.32 Å². The number of nitrogens with one attached hydrogen (secondary N) is 1. The van der Waals surface area contributed by atoms with Crippen LogP contribution in [0.25, 0.3) is 0 Å². The maximum atomic E-state index is 10.9. The van der Waals surface area contributed by atoms with Crippen molar-refractivity contribution in [1.82, 2.24) is 10.1 Å². The van der Waals surface area contributed by atoms with Crippen LogP contribution < -0.4 is 5.73 Å². The molecule has 0 atom stereocenters. The van der Waals surface area contributed by atoms with Crippen molar-refractivity contribution in [2.75, 3.05) is 19.6 Å². The number of piperidine rings is 1. The molecule has 0 bridgehead atoms. The van der Waals surface area contributed by atoms with E-state index in [0.29, 0.717) is 12.5 Å². The van der Waals surface area contributed by atoms with Gasteiger partial charge in [0.05, 0.1) is 5.69 Å². The summed E-state index contributed by atoms with van der Waals surface area (Å²) in [6.45, 7) is 2.59. The van der Waals surface area contributed by atoms with Crippen LogP contribution in [0, 0.1) is 5.41 Å². The second-order valence-corrected chi connectivity index (χ2v) is 4.26. The Morgan fingerprint density at radius 1 is 1.65 bits per heavy atom. The van der Waals surface area contributed by atoms with Crippen molar-refractivity contribution >= 4 is 12.1 Å². The predicted octanol–water partition coefficient (Wildman–Crippen LogP) is 0.602. The molecule has 1 saturated heterocycles. The minimum Gasteiger partial charge on any atom is -0.363 e. The zero-order valence-corrected chi connectivity index (χ0v) is 9.56. The Kier molecular flexibility index (Phi) is 3.53. The molecule has 6 nitrogen and oxygen atoms in total. The van der Waals surface area contributed by atoms with Crippen LogP contribution in [0.1, 0.15) is 35.0 Å². The van der Waals surface area contributed by atoms with Gasteiger partial charge in [0, 0.05) is 24.7 Å². The minimum atomic E-state index is -0.579. The van der Waals surface area contributed by atoms with Crippen LogP contribution in [-0.2, 0) is 0 Å². The lowest BCUT2D eigenvalue weighted by atomic mass is 9.93. The number of hydrogen-bond acceptors (Lipinski definition) is 5. The molecule has 0 saturated carbocycles. The first-order valence-electron chi connectivity index (χ1n) is 5.68. The lowest BCUT2D eigenvalue weighted by Crippen LogP contribution is -2.34. The molecule has 17 heavy (non-hydrogen) atoms. The molecule has 1 aliphatic heterocycles. The van der Waals surface area contributed by atoms with Crippen LogP contribution in [0.2, 0.25) is 0 Å². The highest BCUT2D eigenvalue weighted by Gasteiger charge is 2.23. The highest BCUT2D eigenvalue weighted by molar-refractivity contribution is 5.89. The molecule has 1 aliphatic rings. The van der Waals surface area contributed by atoms with E-state index in [1.165, 1.54) is 6.21 Å². The van der Waals surface area contributed by atoms with Crippen molar-refractivity contribution in [3.05, 3.63) is 17.5 Å². The number of amides is 1. The summed E-state index contributed by atoms with van der Waals surface area (Å²) in [7, 11) is 0. The molecule has 1 aromatic rings. The van der Waals surface area contributed by atoms with Gasteiger partial charge in [0.1, 0.15) is 0 Å². The monoisotopic (exact) mass is 236 g/mol. The molecule has 2 rings (SSSR count). The molecule has 6 heteroatoms. The first-order chi connectivity index (χ1) is 8.20. The summed E-state index contributed by atoms with van der Waals surface area (Å²) in [6.07, 6.45) is 3.36. The van der Waals surface area contributed by atoms with Crippen LogP contribution in [0.4, 0.5) is 0 Å². The average Bonchev–Trinajstić information content (AvgIpc) is 2.80. The van der Waals surface area contributed by atoms with Gasteiger partial charge < -0.3 is 15.7 Å². The summed E-state index contributed by atoms with van der Waals surface area (Å²) in [5.41, 5.74) is 5.93. The van der Waals surface area contributed by atoms with Gasteiger partial charge in [0.25, 0.3) is 5.91 Å². The van der Waals surface area contributed by atoms with Gasteiger partial charge >= 0.3 is 0 Å². The van der Waals surface area contributed by atoms with Gasteiger partial charge in [0.15, 0.2) is 0 Å². The van der Waals surface area contributed by atoms with Crippen LogP contribution in [0.3, 0.4) is 0 Å². The van der Waals surface area contributed by atoms with Gasteiger partial charge in [0.2, 0.25) is 5.76 Å². The quantitative estimate of drug-likeness (QED) is 0.748. The van der Waals surface area contributed by atoms with E-state index in [0.717, 1.165) is 31.6 Å². The van der Waals surface area contributed by atoms with E-state index in [2.05, 4.69) is 10.1 Å². The lowest BCUT2D eigenvalue weighted by molar-refractivity contribution is 0.0964. The van der Waals surface area contributed by atoms with E-state index < -0.39 is 5.91 Å². The number of primary amides is 1. The number of likely N-dealkylation sites (tertiary alicyclic amines) is 1. The van der Waals surface area contributed by atoms with E-state index in [1.807, 2.05) is 0 Å². The molecular weight excluding hydrogens is 220 g/mol. The zero-order chi connectivity index (χ0) is 12.3. The Balaban J connectivity index is 1.95. The fourth-order valence-corrected chi connectivity index (χ4v) is 2.14. The van der Waals surface area contributed by atoms with E-state index in [-0.39, 0.29) is 5.76 Å². The van der Waals surface area contributed by atoms with E-state index >= 15 is 0 Å². The molecule has 1 amide bonds. The third-order valence-corrected chi connectivity index (χ3v) is 3.13. The molecule has 3 N–H and O–H groups in total. The van der Waals surface area contributed by atoms with E-state index in [4.69, 9.17) is 15.7 Å². The predicted molar refractivity (Wildman–Crippen MR) is 62.2 cm³/mol. The third-order valence-electron chi connectivity index (χ3n) is 3.13. The van der Waals surface area contributed by atoms with E-state index in [9.17, 15) is 4.79 Å². The lowest BCUT2D eigenvalue weighted by Gasteiger charge is -2.29. The van der Waals surface area contributed by atoms with Crippen molar-refractivity contribution in [2.45, 2.75) is 18.8 Å². The van der Waals surface area contributed by atoms with Crippen molar-refractivity contribution in [2.24, 2.45) is 5.73 Å². The summed E-state index contributed by atoms with van der Waals surface area (Å²) in [5.74, 6) is -0.124. The first-order valence-corrected chi connectivity index (χ1v) is 5.68. The fraction of sp³-hybridized carbons (Fsp3) is 0.545. The normalized spacial score (nSPS) is 18.1. The Labute approximate surface area is 99.3 Å². The molecule has 0 aromatic carbocycles.